The van der Waals surface area contributed by atoms with Crippen LogP contribution in [0.25, 0.3) is 17.0 Å². The lowest BCUT2D eigenvalue weighted by molar-refractivity contribution is -0.123. The van der Waals surface area contributed by atoms with E-state index in [4.69, 9.17) is 23.2 Å². The predicted octanol–water partition coefficient (Wildman–Crippen LogP) is 7.37. The summed E-state index contributed by atoms with van der Waals surface area (Å²) in [5.41, 5.74) is 2.87. The minimum atomic E-state index is -0.557. The van der Waals surface area contributed by atoms with Gasteiger partial charge in [0.15, 0.2) is 0 Å². The number of para-hydroxylation sites is 1. The van der Waals surface area contributed by atoms with Gasteiger partial charge in [0, 0.05) is 44.8 Å². The third kappa shape index (κ3) is 4.25. The minimum absolute atomic E-state index is 0.115. The zero-order valence-electron chi connectivity index (χ0n) is 17.7. The highest BCUT2D eigenvalue weighted by atomic mass is 35.5. The van der Waals surface area contributed by atoms with Gasteiger partial charge in [-0.25, -0.2) is 4.39 Å². The van der Waals surface area contributed by atoms with Crippen molar-refractivity contribution in [1.82, 2.24) is 9.47 Å². The highest BCUT2D eigenvalue weighted by Gasteiger charge is 2.36. The summed E-state index contributed by atoms with van der Waals surface area (Å²) in [6, 6.07) is 19.7. The molecule has 1 fully saturated rings. The molecular weight excluding hydrogens is 494 g/mol. The summed E-state index contributed by atoms with van der Waals surface area (Å²) in [5, 5.41) is 1.33. The maximum Gasteiger partial charge on any atom is 0.293 e. The summed E-state index contributed by atoms with van der Waals surface area (Å²) in [6.45, 7) is 0.336. The van der Waals surface area contributed by atoms with E-state index >= 15 is 0 Å². The fraction of sp³-hybridized carbons (Fsp3) is 0.0769. The molecule has 0 atom stereocenters. The number of benzene rings is 3. The van der Waals surface area contributed by atoms with Crippen LogP contribution in [0.15, 0.2) is 77.8 Å². The minimum Gasteiger partial charge on any atom is -0.342 e. The average Bonchev–Trinajstić information content (AvgIpc) is 3.29. The molecule has 0 unspecified atom stereocenters. The fourth-order valence-electron chi connectivity index (χ4n) is 3.95. The second-order valence-corrected chi connectivity index (χ2v) is 9.60. The normalized spacial score (nSPS) is 15.1. The lowest BCUT2D eigenvalue weighted by atomic mass is 10.1. The van der Waals surface area contributed by atoms with Gasteiger partial charge < -0.3 is 4.57 Å². The zero-order valence-corrected chi connectivity index (χ0v) is 20.0. The van der Waals surface area contributed by atoms with E-state index in [0.29, 0.717) is 11.6 Å². The van der Waals surface area contributed by atoms with Crippen molar-refractivity contribution in [1.29, 1.82) is 0 Å². The molecule has 0 aliphatic carbocycles. The molecule has 34 heavy (non-hydrogen) atoms. The molecule has 0 bridgehead atoms. The van der Waals surface area contributed by atoms with E-state index in [0.717, 1.165) is 38.7 Å². The molecule has 0 saturated carbocycles. The maximum absolute atomic E-state index is 14.2. The van der Waals surface area contributed by atoms with Crippen LogP contribution in [0.1, 0.15) is 16.7 Å². The first-order valence-electron chi connectivity index (χ1n) is 10.4. The monoisotopic (exact) mass is 510 g/mol. The number of fused-ring (bicyclic) bond motifs is 1. The lowest BCUT2D eigenvalue weighted by Crippen LogP contribution is -2.28. The molecule has 4 aromatic rings. The summed E-state index contributed by atoms with van der Waals surface area (Å²) in [4.78, 5) is 26.9. The van der Waals surface area contributed by atoms with Gasteiger partial charge in [0.2, 0.25) is 0 Å². The number of carbonyl (C=O) groups is 2. The molecule has 1 aliphatic heterocycles. The van der Waals surface area contributed by atoms with Crippen molar-refractivity contribution in [2.45, 2.75) is 13.1 Å². The topological polar surface area (TPSA) is 42.3 Å². The van der Waals surface area contributed by atoms with Crippen LogP contribution in [0.3, 0.4) is 0 Å². The van der Waals surface area contributed by atoms with Crippen molar-refractivity contribution in [3.63, 3.8) is 0 Å². The van der Waals surface area contributed by atoms with Gasteiger partial charge in [0.25, 0.3) is 11.1 Å². The quantitative estimate of drug-likeness (QED) is 0.263. The molecule has 170 valence electrons. The van der Waals surface area contributed by atoms with Crippen molar-refractivity contribution < 1.29 is 14.0 Å². The number of hydrogen-bond donors (Lipinski definition) is 0. The summed E-state index contributed by atoms with van der Waals surface area (Å²) >= 11 is 13.3. The number of carbonyl (C=O) groups excluding carboxylic acids is 2. The highest BCUT2D eigenvalue weighted by Crippen LogP contribution is 2.36. The van der Waals surface area contributed by atoms with Crippen LogP contribution < -0.4 is 0 Å². The third-order valence-electron chi connectivity index (χ3n) is 5.66. The van der Waals surface area contributed by atoms with Gasteiger partial charge >= 0.3 is 0 Å². The van der Waals surface area contributed by atoms with Crippen LogP contribution >= 0.6 is 35.0 Å². The standard InChI is InChI=1S/C26H17Cl2FN2O2S/c27-20-8-3-1-6-16(20)13-30-14-17(18-7-2-4-11-23(18)30)12-24-25(32)31(26(33)34-24)15-19-21(28)9-5-10-22(19)29/h1-12,14H,13,15H2/b24-12-. The van der Waals surface area contributed by atoms with Crippen LogP contribution in [-0.2, 0) is 17.9 Å². The van der Waals surface area contributed by atoms with Gasteiger partial charge in [0.05, 0.1) is 11.4 Å². The molecule has 3 aromatic carbocycles. The summed E-state index contributed by atoms with van der Waals surface area (Å²) < 4.78 is 16.3. The number of aromatic nitrogens is 1. The number of imide groups is 1. The molecule has 1 aromatic heterocycles. The van der Waals surface area contributed by atoms with Crippen LogP contribution in [0.5, 0.6) is 0 Å². The van der Waals surface area contributed by atoms with E-state index in [1.807, 2.05) is 54.7 Å². The second-order valence-electron chi connectivity index (χ2n) is 7.79. The number of halogens is 3. The summed E-state index contributed by atoms with van der Waals surface area (Å²) in [6.07, 6.45) is 3.65. The molecule has 0 spiro atoms. The van der Waals surface area contributed by atoms with Gasteiger partial charge in [-0.15, -0.1) is 0 Å². The van der Waals surface area contributed by atoms with Crippen molar-refractivity contribution >= 4 is 63.1 Å². The number of rotatable bonds is 5. The Bertz CT molecular complexity index is 1460. The van der Waals surface area contributed by atoms with E-state index in [2.05, 4.69) is 4.57 Å². The van der Waals surface area contributed by atoms with Crippen molar-refractivity contribution in [2.24, 2.45) is 0 Å². The van der Waals surface area contributed by atoms with Crippen LogP contribution in [0, 0.1) is 5.82 Å². The molecule has 8 heteroatoms. The molecule has 2 heterocycles. The van der Waals surface area contributed by atoms with Gasteiger partial charge in [0.1, 0.15) is 5.82 Å². The Hall–Kier alpha value is -3.06. The Labute approximate surface area is 209 Å². The van der Waals surface area contributed by atoms with E-state index in [1.165, 1.54) is 18.2 Å². The molecule has 4 nitrogen and oxygen atoms in total. The first-order valence-corrected chi connectivity index (χ1v) is 12.0. The molecule has 0 radical (unpaired) electrons. The number of hydrogen-bond acceptors (Lipinski definition) is 3. The Balaban J connectivity index is 1.48. The summed E-state index contributed by atoms with van der Waals surface area (Å²) in [5.74, 6) is -1.03. The fourth-order valence-corrected chi connectivity index (χ4v) is 5.20. The van der Waals surface area contributed by atoms with E-state index in [-0.39, 0.29) is 22.0 Å². The van der Waals surface area contributed by atoms with Crippen LogP contribution in [0.2, 0.25) is 10.0 Å². The largest absolute Gasteiger partial charge is 0.342 e. The number of thioether (sulfide) groups is 1. The van der Waals surface area contributed by atoms with Crippen molar-refractivity contribution in [3.8, 4) is 0 Å². The molecule has 2 amide bonds. The first kappa shape index (κ1) is 22.7. The lowest BCUT2D eigenvalue weighted by Gasteiger charge is -2.14. The van der Waals surface area contributed by atoms with E-state index in [1.54, 1.807) is 6.08 Å². The number of amides is 2. The average molecular weight is 511 g/mol. The zero-order chi connectivity index (χ0) is 23.8. The summed E-state index contributed by atoms with van der Waals surface area (Å²) in [7, 11) is 0. The van der Waals surface area contributed by atoms with Crippen LogP contribution in [0.4, 0.5) is 9.18 Å². The third-order valence-corrected chi connectivity index (χ3v) is 7.29. The Morgan fingerprint density at radius 1 is 0.882 bits per heavy atom. The van der Waals surface area contributed by atoms with Crippen molar-refractivity contribution in [3.05, 3.63) is 110 Å². The van der Waals surface area contributed by atoms with E-state index in [9.17, 15) is 14.0 Å². The van der Waals surface area contributed by atoms with Gasteiger partial charge in [-0.05, 0) is 47.7 Å². The smallest absolute Gasteiger partial charge is 0.293 e. The van der Waals surface area contributed by atoms with E-state index < -0.39 is 17.0 Å². The Kier molecular flexibility index (Phi) is 6.21. The maximum atomic E-state index is 14.2. The second kappa shape index (κ2) is 9.29. The SMILES string of the molecule is O=C1S/C(=C\c2cn(Cc3ccccc3Cl)c3ccccc23)C(=O)N1Cc1c(F)cccc1Cl. The Morgan fingerprint density at radius 3 is 2.41 bits per heavy atom. The molecule has 0 N–H and O–H groups in total. The van der Waals surface area contributed by atoms with Crippen molar-refractivity contribution in [2.75, 3.05) is 0 Å². The molecule has 1 saturated heterocycles. The molecular formula is C26H17Cl2FN2O2S. The molecule has 1 aliphatic rings. The van der Waals surface area contributed by atoms with Gasteiger partial charge in [-0.1, -0.05) is 65.7 Å². The number of nitrogens with zero attached hydrogens (tertiary/aromatic N) is 2. The molecule has 5 rings (SSSR count). The first-order chi connectivity index (χ1) is 16.4. The van der Waals surface area contributed by atoms with Gasteiger partial charge in [-0.3, -0.25) is 14.5 Å². The van der Waals surface area contributed by atoms with Crippen LogP contribution in [-0.4, -0.2) is 20.6 Å². The highest BCUT2D eigenvalue weighted by molar-refractivity contribution is 8.18. The van der Waals surface area contributed by atoms with Gasteiger partial charge in [-0.2, -0.15) is 0 Å². The predicted molar refractivity (Wildman–Crippen MR) is 135 cm³/mol. The Morgan fingerprint density at radius 2 is 1.62 bits per heavy atom.